The number of fused-ring (bicyclic) bond motifs is 1. The predicted octanol–water partition coefficient (Wildman–Crippen LogP) is 1.45. The summed E-state index contributed by atoms with van der Waals surface area (Å²) in [6, 6.07) is 0. The summed E-state index contributed by atoms with van der Waals surface area (Å²) in [5.41, 5.74) is 0.931. The summed E-state index contributed by atoms with van der Waals surface area (Å²) < 4.78 is 1.96. The Morgan fingerprint density at radius 2 is 2.00 bits per heavy atom. The summed E-state index contributed by atoms with van der Waals surface area (Å²) in [4.78, 5) is 8.35. The molecule has 0 aliphatic heterocycles. The van der Waals surface area contributed by atoms with E-state index in [4.69, 9.17) is 0 Å². The topological polar surface area (TPSA) is 30.2 Å². The fourth-order valence-corrected chi connectivity index (χ4v) is 1.48. The molecule has 0 bridgehead atoms. The van der Waals surface area contributed by atoms with Crippen LogP contribution < -0.4 is 0 Å². The molecule has 0 aliphatic rings. The molecular weight excluding hydrogens is 158 g/mol. The number of nitrogens with zero attached hydrogens (tertiary/aromatic N) is 3. The van der Waals surface area contributed by atoms with Crippen LogP contribution in [-0.2, 0) is 0 Å². The van der Waals surface area contributed by atoms with Gasteiger partial charge in [0, 0.05) is 24.8 Å². The first kappa shape index (κ1) is 6.67. The maximum atomic E-state index is 4.18. The van der Waals surface area contributed by atoms with Gasteiger partial charge >= 0.3 is 0 Å². The van der Waals surface area contributed by atoms with Gasteiger partial charge in [-0.1, -0.05) is 0 Å². The van der Waals surface area contributed by atoms with Crippen LogP contribution in [0.15, 0.2) is 29.8 Å². The molecule has 0 atom stereocenters. The van der Waals surface area contributed by atoms with Gasteiger partial charge in [-0.2, -0.15) is 0 Å². The van der Waals surface area contributed by atoms with Crippen molar-refractivity contribution < 1.29 is 0 Å². The van der Waals surface area contributed by atoms with Crippen molar-refractivity contribution in [3.63, 3.8) is 0 Å². The van der Waals surface area contributed by atoms with Crippen molar-refractivity contribution in [2.24, 2.45) is 0 Å². The normalized spacial score (nSPS) is 10.6. The number of aromatic nitrogens is 3. The third kappa shape index (κ3) is 0.991. The van der Waals surface area contributed by atoms with E-state index in [9.17, 15) is 0 Å². The van der Waals surface area contributed by atoms with Gasteiger partial charge in [-0.25, -0.2) is 9.97 Å². The predicted molar refractivity (Wildman–Crippen MR) is 44.8 cm³/mol. The van der Waals surface area contributed by atoms with Crippen LogP contribution in [0, 0.1) is 0 Å². The molecule has 2 rings (SSSR count). The molecule has 0 radical (unpaired) electrons. The van der Waals surface area contributed by atoms with Crippen molar-refractivity contribution in [3.05, 3.63) is 24.8 Å². The van der Waals surface area contributed by atoms with E-state index in [1.54, 1.807) is 24.2 Å². The summed E-state index contributed by atoms with van der Waals surface area (Å²) in [5.74, 6) is 0. The Morgan fingerprint density at radius 3 is 2.73 bits per heavy atom. The Hall–Kier alpha value is -1.03. The van der Waals surface area contributed by atoms with Crippen molar-refractivity contribution in [2.75, 3.05) is 6.26 Å². The van der Waals surface area contributed by atoms with Crippen LogP contribution in [0.25, 0.3) is 5.65 Å². The summed E-state index contributed by atoms with van der Waals surface area (Å²) in [5, 5.41) is 0.970. The molecule has 0 saturated heterocycles. The molecule has 0 amide bonds. The highest BCUT2D eigenvalue weighted by Gasteiger charge is 1.99. The largest absolute Gasteiger partial charge is 0.303 e. The maximum absolute atomic E-state index is 4.18. The molecule has 0 unspecified atom stereocenters. The molecule has 0 N–H and O–H groups in total. The monoisotopic (exact) mass is 165 g/mol. The average Bonchev–Trinajstić information content (AvgIpc) is 2.50. The van der Waals surface area contributed by atoms with Gasteiger partial charge in [-0.3, -0.25) is 0 Å². The molecule has 0 aromatic carbocycles. The van der Waals surface area contributed by atoms with E-state index in [-0.39, 0.29) is 0 Å². The van der Waals surface area contributed by atoms with Crippen molar-refractivity contribution in [1.82, 2.24) is 14.4 Å². The van der Waals surface area contributed by atoms with Crippen molar-refractivity contribution in [1.29, 1.82) is 0 Å². The number of hydrogen-bond donors (Lipinski definition) is 0. The quantitative estimate of drug-likeness (QED) is 0.599. The van der Waals surface area contributed by atoms with Crippen LogP contribution in [0.3, 0.4) is 0 Å². The lowest BCUT2D eigenvalue weighted by molar-refractivity contribution is 1.04. The SMILES string of the molecule is CSc1nccn2ccnc12. The van der Waals surface area contributed by atoms with Gasteiger partial charge in [0.1, 0.15) is 5.03 Å². The second-order valence-corrected chi connectivity index (χ2v) is 2.89. The van der Waals surface area contributed by atoms with Gasteiger partial charge < -0.3 is 4.40 Å². The Morgan fingerprint density at radius 1 is 1.27 bits per heavy atom. The second kappa shape index (κ2) is 2.54. The Kier molecular flexibility index (Phi) is 1.54. The molecule has 0 saturated carbocycles. The molecule has 0 fully saturated rings. The fraction of sp³-hybridized carbons (Fsp3) is 0.143. The molecule has 3 nitrogen and oxygen atoms in total. The highest BCUT2D eigenvalue weighted by atomic mass is 32.2. The lowest BCUT2D eigenvalue weighted by Gasteiger charge is -1.96. The van der Waals surface area contributed by atoms with Gasteiger partial charge in [0.2, 0.25) is 0 Å². The Balaban J connectivity index is 2.79. The Labute approximate surface area is 68.5 Å². The summed E-state index contributed by atoms with van der Waals surface area (Å²) in [7, 11) is 0. The highest BCUT2D eigenvalue weighted by molar-refractivity contribution is 7.98. The molecule has 11 heavy (non-hydrogen) atoms. The molecular formula is C7H7N3S. The van der Waals surface area contributed by atoms with Crippen LogP contribution in [0.5, 0.6) is 0 Å². The van der Waals surface area contributed by atoms with Gasteiger partial charge in [-0.15, -0.1) is 11.8 Å². The van der Waals surface area contributed by atoms with E-state index in [2.05, 4.69) is 9.97 Å². The number of thioether (sulfide) groups is 1. The van der Waals surface area contributed by atoms with Gasteiger partial charge in [-0.05, 0) is 6.26 Å². The average molecular weight is 165 g/mol. The molecule has 2 heterocycles. The number of hydrogen-bond acceptors (Lipinski definition) is 3. The van der Waals surface area contributed by atoms with E-state index in [0.29, 0.717) is 0 Å². The third-order valence-electron chi connectivity index (χ3n) is 1.47. The smallest absolute Gasteiger partial charge is 0.169 e. The zero-order valence-corrected chi connectivity index (χ0v) is 6.88. The molecule has 0 spiro atoms. The molecule has 56 valence electrons. The van der Waals surface area contributed by atoms with Gasteiger partial charge in [0.15, 0.2) is 5.65 Å². The summed E-state index contributed by atoms with van der Waals surface area (Å²) >= 11 is 1.61. The van der Waals surface area contributed by atoms with Crippen LogP contribution in [-0.4, -0.2) is 20.6 Å². The van der Waals surface area contributed by atoms with E-state index >= 15 is 0 Å². The van der Waals surface area contributed by atoms with Crippen molar-refractivity contribution in [2.45, 2.75) is 5.03 Å². The minimum absolute atomic E-state index is 0.931. The van der Waals surface area contributed by atoms with E-state index < -0.39 is 0 Å². The van der Waals surface area contributed by atoms with E-state index in [0.717, 1.165) is 10.7 Å². The lowest BCUT2D eigenvalue weighted by atomic mass is 10.7. The first-order valence-corrected chi connectivity index (χ1v) is 4.46. The molecule has 4 heteroatoms. The van der Waals surface area contributed by atoms with Crippen molar-refractivity contribution in [3.8, 4) is 0 Å². The van der Waals surface area contributed by atoms with Gasteiger partial charge in [0.25, 0.3) is 0 Å². The van der Waals surface area contributed by atoms with E-state index in [1.165, 1.54) is 0 Å². The fourth-order valence-electron chi connectivity index (χ4n) is 0.974. The number of imidazole rings is 1. The van der Waals surface area contributed by atoms with Crippen LogP contribution in [0.1, 0.15) is 0 Å². The number of rotatable bonds is 1. The zero-order valence-electron chi connectivity index (χ0n) is 6.06. The molecule has 2 aromatic heterocycles. The summed E-state index contributed by atoms with van der Waals surface area (Å²) in [6.45, 7) is 0. The maximum Gasteiger partial charge on any atom is 0.169 e. The zero-order chi connectivity index (χ0) is 7.68. The highest BCUT2D eigenvalue weighted by Crippen LogP contribution is 2.15. The molecule has 2 aromatic rings. The first-order valence-electron chi connectivity index (χ1n) is 3.23. The van der Waals surface area contributed by atoms with Gasteiger partial charge in [0.05, 0.1) is 0 Å². The van der Waals surface area contributed by atoms with Crippen molar-refractivity contribution >= 4 is 17.4 Å². The molecule has 0 aliphatic carbocycles. The second-order valence-electron chi connectivity index (χ2n) is 2.09. The van der Waals surface area contributed by atoms with E-state index in [1.807, 2.05) is 23.1 Å². The third-order valence-corrected chi connectivity index (χ3v) is 2.15. The standard InChI is InChI=1S/C7H7N3S/c1-11-7-6-8-2-4-10(6)5-3-9-7/h2-5H,1H3. The Bertz CT molecular complexity index is 368. The first-order chi connectivity index (χ1) is 5.42. The lowest BCUT2D eigenvalue weighted by Crippen LogP contribution is -1.87. The van der Waals surface area contributed by atoms with Crippen LogP contribution in [0.2, 0.25) is 0 Å². The minimum atomic E-state index is 0.931. The van der Waals surface area contributed by atoms with Crippen LogP contribution in [0.4, 0.5) is 0 Å². The van der Waals surface area contributed by atoms with Crippen LogP contribution >= 0.6 is 11.8 Å². The summed E-state index contributed by atoms with van der Waals surface area (Å²) in [6.07, 6.45) is 9.35. The minimum Gasteiger partial charge on any atom is -0.303 e.